The van der Waals surface area contributed by atoms with E-state index in [4.69, 9.17) is 9.47 Å². The molecule has 1 saturated carbocycles. The van der Waals surface area contributed by atoms with Crippen LogP contribution in [0.15, 0.2) is 0 Å². The first kappa shape index (κ1) is 13.8. The molecule has 2 aliphatic rings. The second kappa shape index (κ2) is 7.07. The highest BCUT2D eigenvalue weighted by molar-refractivity contribution is 5.79. The molecule has 1 amide bonds. The van der Waals surface area contributed by atoms with Gasteiger partial charge in [0.2, 0.25) is 5.91 Å². The molecular formula is C13H24N2O3. The van der Waals surface area contributed by atoms with Crippen LogP contribution >= 0.6 is 0 Å². The Labute approximate surface area is 109 Å². The molecule has 0 bridgehead atoms. The maximum Gasteiger partial charge on any atom is 0.236 e. The molecule has 0 spiro atoms. The molecule has 5 nitrogen and oxygen atoms in total. The first-order chi connectivity index (χ1) is 8.81. The zero-order valence-corrected chi connectivity index (χ0v) is 11.2. The average Bonchev–Trinajstić information content (AvgIpc) is 3.08. The summed E-state index contributed by atoms with van der Waals surface area (Å²) in [7, 11) is 1.67. The fourth-order valence-corrected chi connectivity index (χ4v) is 2.32. The van der Waals surface area contributed by atoms with Crippen molar-refractivity contribution < 1.29 is 14.3 Å². The van der Waals surface area contributed by atoms with E-state index in [0.29, 0.717) is 25.1 Å². The molecule has 0 aromatic rings. The van der Waals surface area contributed by atoms with Gasteiger partial charge in [0, 0.05) is 38.8 Å². The summed E-state index contributed by atoms with van der Waals surface area (Å²) >= 11 is 0. The Hall–Kier alpha value is -0.650. The number of rotatable bonds is 8. The van der Waals surface area contributed by atoms with Crippen LogP contribution in [0.5, 0.6) is 0 Å². The highest BCUT2D eigenvalue weighted by Crippen LogP contribution is 2.28. The Bertz CT molecular complexity index is 263. The summed E-state index contributed by atoms with van der Waals surface area (Å²) in [4.78, 5) is 14.2. The van der Waals surface area contributed by atoms with Crippen LogP contribution in [0.4, 0.5) is 0 Å². The maximum atomic E-state index is 12.2. The Morgan fingerprint density at radius 2 is 2.28 bits per heavy atom. The van der Waals surface area contributed by atoms with E-state index in [1.165, 1.54) is 0 Å². The van der Waals surface area contributed by atoms with E-state index in [1.807, 2.05) is 0 Å². The van der Waals surface area contributed by atoms with Crippen LogP contribution < -0.4 is 5.32 Å². The number of ether oxygens (including phenoxy) is 2. The minimum atomic E-state index is 0.223. The predicted molar refractivity (Wildman–Crippen MR) is 68.4 cm³/mol. The molecule has 0 aromatic carbocycles. The van der Waals surface area contributed by atoms with Crippen LogP contribution in [0.2, 0.25) is 0 Å². The number of hydrogen-bond acceptors (Lipinski definition) is 4. The van der Waals surface area contributed by atoms with Gasteiger partial charge in [0.1, 0.15) is 0 Å². The third-order valence-electron chi connectivity index (χ3n) is 3.55. The summed E-state index contributed by atoms with van der Waals surface area (Å²) in [5.74, 6) is 0.758. The number of carbonyl (C=O) groups is 1. The van der Waals surface area contributed by atoms with Crippen LogP contribution in [-0.2, 0) is 14.3 Å². The van der Waals surface area contributed by atoms with E-state index in [9.17, 15) is 4.79 Å². The fourth-order valence-electron chi connectivity index (χ4n) is 2.32. The first-order valence-electron chi connectivity index (χ1n) is 6.88. The number of amides is 1. The van der Waals surface area contributed by atoms with Gasteiger partial charge in [-0.1, -0.05) is 0 Å². The van der Waals surface area contributed by atoms with Crippen LogP contribution in [0.3, 0.4) is 0 Å². The second-order valence-electron chi connectivity index (χ2n) is 5.18. The summed E-state index contributed by atoms with van der Waals surface area (Å²) in [5.41, 5.74) is 0. The molecule has 1 aliphatic carbocycles. The summed E-state index contributed by atoms with van der Waals surface area (Å²) in [5, 5.41) is 3.13. The van der Waals surface area contributed by atoms with Gasteiger partial charge in [-0.05, 0) is 19.3 Å². The van der Waals surface area contributed by atoms with Gasteiger partial charge in [0.15, 0.2) is 0 Å². The standard InChI is InChI=1S/C13H24N2O3/c1-17-7-5-14-8-13(16)15(12-2-3-12)9-11-4-6-18-10-11/h11-12,14H,2-10H2,1H3. The van der Waals surface area contributed by atoms with Crippen molar-refractivity contribution in [3.05, 3.63) is 0 Å². The zero-order chi connectivity index (χ0) is 12.8. The Kier molecular flexibility index (Phi) is 5.41. The molecule has 1 N–H and O–H groups in total. The fraction of sp³-hybridized carbons (Fsp3) is 0.923. The minimum Gasteiger partial charge on any atom is -0.383 e. The lowest BCUT2D eigenvalue weighted by Gasteiger charge is -2.25. The topological polar surface area (TPSA) is 50.8 Å². The van der Waals surface area contributed by atoms with Crippen LogP contribution in [0.1, 0.15) is 19.3 Å². The Morgan fingerprint density at radius 3 is 2.89 bits per heavy atom. The van der Waals surface area contributed by atoms with Gasteiger partial charge in [0.25, 0.3) is 0 Å². The SMILES string of the molecule is COCCNCC(=O)N(CC1CCOC1)C1CC1. The van der Waals surface area contributed by atoms with Gasteiger partial charge in [-0.3, -0.25) is 4.79 Å². The van der Waals surface area contributed by atoms with Crippen molar-refractivity contribution >= 4 is 5.91 Å². The van der Waals surface area contributed by atoms with Gasteiger partial charge in [-0.15, -0.1) is 0 Å². The van der Waals surface area contributed by atoms with Crippen molar-refractivity contribution in [1.82, 2.24) is 10.2 Å². The third-order valence-corrected chi connectivity index (χ3v) is 3.55. The molecule has 1 heterocycles. The van der Waals surface area contributed by atoms with Gasteiger partial charge in [-0.25, -0.2) is 0 Å². The van der Waals surface area contributed by atoms with Crippen molar-refractivity contribution in [2.75, 3.05) is 46.6 Å². The van der Waals surface area contributed by atoms with Gasteiger partial charge >= 0.3 is 0 Å². The third kappa shape index (κ3) is 4.23. The van der Waals surface area contributed by atoms with Gasteiger partial charge in [0.05, 0.1) is 19.8 Å². The molecule has 0 aromatic heterocycles. The van der Waals surface area contributed by atoms with Crippen molar-refractivity contribution in [3.63, 3.8) is 0 Å². The molecule has 1 aliphatic heterocycles. The molecule has 18 heavy (non-hydrogen) atoms. The van der Waals surface area contributed by atoms with Gasteiger partial charge in [-0.2, -0.15) is 0 Å². The molecule has 1 atom stereocenters. The van der Waals surface area contributed by atoms with E-state index < -0.39 is 0 Å². The van der Waals surface area contributed by atoms with E-state index in [-0.39, 0.29) is 5.91 Å². The van der Waals surface area contributed by atoms with Crippen LogP contribution in [-0.4, -0.2) is 63.4 Å². The number of carbonyl (C=O) groups excluding carboxylic acids is 1. The van der Waals surface area contributed by atoms with Crippen molar-refractivity contribution in [3.8, 4) is 0 Å². The minimum absolute atomic E-state index is 0.223. The number of nitrogens with zero attached hydrogens (tertiary/aromatic N) is 1. The monoisotopic (exact) mass is 256 g/mol. The molecule has 1 unspecified atom stereocenters. The van der Waals surface area contributed by atoms with Crippen molar-refractivity contribution in [2.24, 2.45) is 5.92 Å². The van der Waals surface area contributed by atoms with E-state index >= 15 is 0 Å². The number of nitrogens with one attached hydrogen (secondary N) is 1. The highest BCUT2D eigenvalue weighted by atomic mass is 16.5. The van der Waals surface area contributed by atoms with Crippen LogP contribution in [0.25, 0.3) is 0 Å². The lowest BCUT2D eigenvalue weighted by Crippen LogP contribution is -2.42. The second-order valence-corrected chi connectivity index (χ2v) is 5.18. The largest absolute Gasteiger partial charge is 0.383 e. The normalized spacial score (nSPS) is 23.3. The molecule has 2 fully saturated rings. The molecule has 0 radical (unpaired) electrons. The van der Waals surface area contributed by atoms with E-state index in [2.05, 4.69) is 10.2 Å². The molecule has 1 saturated heterocycles. The lowest BCUT2D eigenvalue weighted by atomic mass is 10.1. The summed E-state index contributed by atoms with van der Waals surface area (Å²) in [6.07, 6.45) is 3.42. The first-order valence-corrected chi connectivity index (χ1v) is 6.88. The van der Waals surface area contributed by atoms with Crippen molar-refractivity contribution in [1.29, 1.82) is 0 Å². The molecule has 104 valence electrons. The number of hydrogen-bond donors (Lipinski definition) is 1. The molecular weight excluding hydrogens is 232 g/mol. The molecule has 5 heteroatoms. The smallest absolute Gasteiger partial charge is 0.236 e. The van der Waals surface area contributed by atoms with E-state index in [1.54, 1.807) is 7.11 Å². The van der Waals surface area contributed by atoms with Crippen LogP contribution in [0, 0.1) is 5.92 Å². The number of methoxy groups -OCH3 is 1. The molecule has 2 rings (SSSR count). The summed E-state index contributed by atoms with van der Waals surface area (Å²) < 4.78 is 10.3. The van der Waals surface area contributed by atoms with E-state index in [0.717, 1.165) is 45.6 Å². The Morgan fingerprint density at radius 1 is 1.44 bits per heavy atom. The maximum absolute atomic E-state index is 12.2. The van der Waals surface area contributed by atoms with Gasteiger partial charge < -0.3 is 19.7 Å². The lowest BCUT2D eigenvalue weighted by molar-refractivity contribution is -0.131. The average molecular weight is 256 g/mol. The predicted octanol–water partition coefficient (Wildman–Crippen LogP) is 0.250. The zero-order valence-electron chi connectivity index (χ0n) is 11.2. The quantitative estimate of drug-likeness (QED) is 0.633. The summed E-state index contributed by atoms with van der Waals surface area (Å²) in [6, 6.07) is 0.488. The summed E-state index contributed by atoms with van der Waals surface area (Å²) in [6.45, 7) is 4.33. The Balaban J connectivity index is 1.72. The van der Waals surface area contributed by atoms with Crippen molar-refractivity contribution in [2.45, 2.75) is 25.3 Å². The highest BCUT2D eigenvalue weighted by Gasteiger charge is 2.34.